The Bertz CT molecular complexity index is 362. The number of likely N-dealkylation sites (tertiary alicyclic amines) is 1. The molecule has 100 valence electrons. The van der Waals surface area contributed by atoms with Gasteiger partial charge in [0, 0.05) is 19.1 Å². The summed E-state index contributed by atoms with van der Waals surface area (Å²) in [5.74, 6) is -0.954. The molecule has 1 atom stereocenters. The van der Waals surface area contributed by atoms with Crippen molar-refractivity contribution in [2.24, 2.45) is 0 Å². The number of hydrogen-bond donors (Lipinski definition) is 1. The highest BCUT2D eigenvalue weighted by molar-refractivity contribution is 5.83. The largest absolute Gasteiger partial charge is 0.480 e. The molecule has 0 bridgehead atoms. The van der Waals surface area contributed by atoms with Crippen molar-refractivity contribution in [2.75, 3.05) is 13.1 Å². The van der Waals surface area contributed by atoms with E-state index in [2.05, 4.69) is 0 Å². The highest BCUT2D eigenvalue weighted by Gasteiger charge is 2.36. The number of carboxylic acid groups (broad SMARTS) is 1. The van der Waals surface area contributed by atoms with Crippen LogP contribution in [0.15, 0.2) is 0 Å². The van der Waals surface area contributed by atoms with Crippen molar-refractivity contribution < 1.29 is 14.7 Å². The Balaban J connectivity index is 2.76. The van der Waals surface area contributed by atoms with Crippen LogP contribution in [0.5, 0.6) is 0 Å². The maximum absolute atomic E-state index is 12.3. The fourth-order valence-corrected chi connectivity index (χ4v) is 2.16. The van der Waals surface area contributed by atoms with E-state index in [1.807, 2.05) is 19.9 Å². The summed E-state index contributed by atoms with van der Waals surface area (Å²) in [6.07, 6.45) is 1.48. The second-order valence-electron chi connectivity index (χ2n) is 4.67. The van der Waals surface area contributed by atoms with E-state index in [0.29, 0.717) is 25.9 Å². The Morgan fingerprint density at radius 2 is 2.22 bits per heavy atom. The normalized spacial score (nSPS) is 18.8. The smallest absolute Gasteiger partial charge is 0.326 e. The maximum Gasteiger partial charge on any atom is 0.326 e. The summed E-state index contributed by atoms with van der Waals surface area (Å²) in [5, 5.41) is 17.7. The fourth-order valence-electron chi connectivity index (χ4n) is 2.16. The van der Waals surface area contributed by atoms with Gasteiger partial charge in [-0.2, -0.15) is 5.26 Å². The first-order valence-electron chi connectivity index (χ1n) is 6.16. The minimum absolute atomic E-state index is 0.0408. The molecule has 0 aromatic rings. The summed E-state index contributed by atoms with van der Waals surface area (Å²) in [4.78, 5) is 26.3. The first-order chi connectivity index (χ1) is 8.49. The maximum atomic E-state index is 12.3. The molecule has 1 aliphatic rings. The van der Waals surface area contributed by atoms with Gasteiger partial charge in [0.15, 0.2) is 0 Å². The van der Waals surface area contributed by atoms with Gasteiger partial charge in [-0.1, -0.05) is 0 Å². The third kappa shape index (κ3) is 3.13. The molecule has 0 radical (unpaired) electrons. The predicted molar refractivity (Wildman–Crippen MR) is 64.8 cm³/mol. The zero-order chi connectivity index (χ0) is 13.7. The quantitative estimate of drug-likeness (QED) is 0.817. The Hall–Kier alpha value is -1.77. The Kier molecular flexibility index (Phi) is 4.95. The number of rotatable bonds is 4. The molecule has 0 aromatic carbocycles. The second kappa shape index (κ2) is 6.24. The van der Waals surface area contributed by atoms with E-state index in [4.69, 9.17) is 10.4 Å². The van der Waals surface area contributed by atoms with Crippen molar-refractivity contribution in [3.8, 4) is 6.07 Å². The molecule has 1 fully saturated rings. The molecule has 0 aliphatic carbocycles. The van der Waals surface area contributed by atoms with Crippen molar-refractivity contribution >= 4 is 12.0 Å². The Labute approximate surface area is 107 Å². The minimum Gasteiger partial charge on any atom is -0.480 e. The van der Waals surface area contributed by atoms with Crippen LogP contribution in [0, 0.1) is 11.3 Å². The number of amides is 2. The number of urea groups is 1. The number of carbonyl (C=O) groups is 2. The van der Waals surface area contributed by atoms with Gasteiger partial charge in [-0.05, 0) is 26.7 Å². The average Bonchev–Trinajstić information content (AvgIpc) is 2.77. The number of carboxylic acids is 1. The lowest BCUT2D eigenvalue weighted by Crippen LogP contribution is -2.50. The van der Waals surface area contributed by atoms with Crippen molar-refractivity contribution in [1.29, 1.82) is 5.26 Å². The summed E-state index contributed by atoms with van der Waals surface area (Å²) in [7, 11) is 0. The summed E-state index contributed by atoms with van der Waals surface area (Å²) >= 11 is 0. The number of hydrogen-bond acceptors (Lipinski definition) is 3. The van der Waals surface area contributed by atoms with Crippen LogP contribution in [0.4, 0.5) is 4.79 Å². The predicted octanol–water partition coefficient (Wildman–Crippen LogP) is 1.28. The Morgan fingerprint density at radius 3 is 2.72 bits per heavy atom. The SMILES string of the molecule is CC(C)N(CCC#N)C(=O)N1CCC[C@H]1C(=O)O. The molecule has 1 saturated heterocycles. The zero-order valence-electron chi connectivity index (χ0n) is 10.8. The first kappa shape index (κ1) is 14.3. The van der Waals surface area contributed by atoms with Gasteiger partial charge in [-0.15, -0.1) is 0 Å². The zero-order valence-corrected chi connectivity index (χ0v) is 10.8. The lowest BCUT2D eigenvalue weighted by molar-refractivity contribution is -0.141. The van der Waals surface area contributed by atoms with Crippen LogP contribution in [0.25, 0.3) is 0 Å². The number of nitriles is 1. The molecule has 1 heterocycles. The van der Waals surface area contributed by atoms with Crippen molar-refractivity contribution in [2.45, 2.75) is 45.2 Å². The van der Waals surface area contributed by atoms with Crippen molar-refractivity contribution in [1.82, 2.24) is 9.80 Å². The molecule has 1 rings (SSSR count). The summed E-state index contributed by atoms with van der Waals surface area (Å²) in [6, 6.07) is 0.968. The first-order valence-corrected chi connectivity index (χ1v) is 6.16. The highest BCUT2D eigenvalue weighted by Crippen LogP contribution is 2.20. The summed E-state index contributed by atoms with van der Waals surface area (Å²) < 4.78 is 0. The van der Waals surface area contributed by atoms with E-state index in [0.717, 1.165) is 0 Å². The lowest BCUT2D eigenvalue weighted by Gasteiger charge is -2.32. The molecular formula is C12H19N3O3. The third-order valence-electron chi connectivity index (χ3n) is 3.12. The van der Waals surface area contributed by atoms with Crippen LogP contribution in [-0.2, 0) is 4.79 Å². The van der Waals surface area contributed by atoms with E-state index in [9.17, 15) is 9.59 Å². The van der Waals surface area contributed by atoms with Gasteiger partial charge in [-0.3, -0.25) is 0 Å². The molecule has 1 aliphatic heterocycles. The number of aliphatic carboxylic acids is 1. The molecule has 0 aromatic heterocycles. The minimum atomic E-state index is -0.954. The lowest BCUT2D eigenvalue weighted by atomic mass is 10.2. The van der Waals surface area contributed by atoms with Crippen LogP contribution in [0.1, 0.15) is 33.1 Å². The standard InChI is InChI=1S/C12H19N3O3/c1-9(2)14(8-4-6-13)12(18)15-7-3-5-10(15)11(16)17/h9-10H,3-5,7-8H2,1-2H3,(H,16,17)/t10-/m0/s1. The van der Waals surface area contributed by atoms with Gasteiger partial charge in [0.2, 0.25) is 0 Å². The van der Waals surface area contributed by atoms with E-state index < -0.39 is 12.0 Å². The van der Waals surface area contributed by atoms with Gasteiger partial charge in [0.25, 0.3) is 0 Å². The van der Waals surface area contributed by atoms with E-state index in [1.54, 1.807) is 4.90 Å². The molecule has 0 unspecified atom stereocenters. The molecule has 2 amide bonds. The van der Waals surface area contributed by atoms with Crippen LogP contribution in [-0.4, -0.2) is 52.1 Å². The van der Waals surface area contributed by atoms with Crippen LogP contribution in [0.3, 0.4) is 0 Å². The second-order valence-corrected chi connectivity index (χ2v) is 4.67. The third-order valence-corrected chi connectivity index (χ3v) is 3.12. The molecular weight excluding hydrogens is 234 g/mol. The van der Waals surface area contributed by atoms with Gasteiger partial charge < -0.3 is 14.9 Å². The van der Waals surface area contributed by atoms with Gasteiger partial charge in [0.1, 0.15) is 6.04 Å². The van der Waals surface area contributed by atoms with E-state index >= 15 is 0 Å². The molecule has 0 spiro atoms. The molecule has 1 N–H and O–H groups in total. The van der Waals surface area contributed by atoms with Gasteiger partial charge >= 0.3 is 12.0 Å². The average molecular weight is 253 g/mol. The summed E-state index contributed by atoms with van der Waals surface area (Å²) in [6.45, 7) is 4.55. The van der Waals surface area contributed by atoms with Crippen molar-refractivity contribution in [3.05, 3.63) is 0 Å². The number of nitrogens with zero attached hydrogens (tertiary/aromatic N) is 3. The monoisotopic (exact) mass is 253 g/mol. The van der Waals surface area contributed by atoms with Crippen molar-refractivity contribution in [3.63, 3.8) is 0 Å². The number of carbonyl (C=O) groups excluding carboxylic acids is 1. The fraction of sp³-hybridized carbons (Fsp3) is 0.750. The van der Waals surface area contributed by atoms with E-state index in [1.165, 1.54) is 4.90 Å². The highest BCUT2D eigenvalue weighted by atomic mass is 16.4. The van der Waals surface area contributed by atoms with Crippen LogP contribution < -0.4 is 0 Å². The van der Waals surface area contributed by atoms with E-state index in [-0.39, 0.29) is 18.5 Å². The van der Waals surface area contributed by atoms with Crippen LogP contribution in [0.2, 0.25) is 0 Å². The Morgan fingerprint density at radius 1 is 1.56 bits per heavy atom. The van der Waals surface area contributed by atoms with Gasteiger partial charge in [0.05, 0.1) is 12.5 Å². The molecule has 18 heavy (non-hydrogen) atoms. The molecule has 6 nitrogen and oxygen atoms in total. The van der Waals surface area contributed by atoms with Crippen LogP contribution >= 0.6 is 0 Å². The summed E-state index contributed by atoms with van der Waals surface area (Å²) in [5.41, 5.74) is 0. The van der Waals surface area contributed by atoms with Gasteiger partial charge in [-0.25, -0.2) is 9.59 Å². The molecule has 0 saturated carbocycles. The topological polar surface area (TPSA) is 84.6 Å². The molecule has 6 heteroatoms.